The molecule has 180 valence electrons. The number of quaternary nitrogens is 1. The molecule has 0 N–H and O–H groups in total. The molecule has 1 aliphatic heterocycles. The topological polar surface area (TPSA) is 40.6 Å². The molecule has 2 aromatic carbocycles. The minimum Gasteiger partial charge on any atom is -0.348 e. The van der Waals surface area contributed by atoms with Crippen LogP contribution in [0.2, 0.25) is 0 Å². The fourth-order valence-corrected chi connectivity index (χ4v) is 6.58. The lowest BCUT2D eigenvalue weighted by Crippen LogP contribution is -2.42. The lowest BCUT2D eigenvalue weighted by atomic mass is 9.98. The van der Waals surface area contributed by atoms with E-state index in [-0.39, 0.29) is 0 Å². The number of fused-ring (bicyclic) bond motifs is 2. The van der Waals surface area contributed by atoms with Gasteiger partial charge < -0.3 is 9.38 Å². The van der Waals surface area contributed by atoms with Crippen LogP contribution in [0.4, 0.5) is 5.69 Å². The van der Waals surface area contributed by atoms with Crippen molar-refractivity contribution in [1.82, 2.24) is 4.31 Å². The molecule has 0 atom stereocenters. The Kier molecular flexibility index (Phi) is 6.75. The van der Waals surface area contributed by atoms with Crippen molar-refractivity contribution in [2.24, 2.45) is 0 Å². The van der Waals surface area contributed by atoms with Crippen molar-refractivity contribution in [2.75, 3.05) is 52.7 Å². The second-order valence-corrected chi connectivity index (χ2v) is 12.9. The average Bonchev–Trinajstić information content (AvgIpc) is 3.11. The van der Waals surface area contributed by atoms with Gasteiger partial charge in [-0.15, -0.1) is 11.3 Å². The van der Waals surface area contributed by atoms with Gasteiger partial charge in [0.2, 0.25) is 10.0 Å². The SMILES string of the molecule is CCN1C=CC(=Cc2sc3cc(S(=O)(=O)N(C)CC[N+](C)(C)C)ccc3c2C)c2ccccc21. The average molecular weight is 497 g/mol. The minimum absolute atomic E-state index is 0.353. The van der Waals surface area contributed by atoms with Gasteiger partial charge in [0.05, 0.1) is 39.1 Å². The molecule has 3 aromatic rings. The van der Waals surface area contributed by atoms with Gasteiger partial charge in [-0.05, 0) is 60.7 Å². The third kappa shape index (κ3) is 4.84. The van der Waals surface area contributed by atoms with E-state index >= 15 is 0 Å². The predicted molar refractivity (Wildman–Crippen MR) is 146 cm³/mol. The van der Waals surface area contributed by atoms with Crippen LogP contribution in [0, 0.1) is 6.92 Å². The summed E-state index contributed by atoms with van der Waals surface area (Å²) in [7, 11) is 4.33. The van der Waals surface area contributed by atoms with Crippen molar-refractivity contribution in [3.63, 3.8) is 0 Å². The van der Waals surface area contributed by atoms with Crippen molar-refractivity contribution in [3.05, 3.63) is 70.7 Å². The van der Waals surface area contributed by atoms with Gasteiger partial charge in [-0.1, -0.05) is 24.3 Å². The largest absolute Gasteiger partial charge is 0.348 e. The third-order valence-electron chi connectivity index (χ3n) is 6.33. The van der Waals surface area contributed by atoms with Gasteiger partial charge >= 0.3 is 0 Å². The van der Waals surface area contributed by atoms with Crippen LogP contribution in [0.25, 0.3) is 21.7 Å². The Morgan fingerprint density at radius 3 is 2.56 bits per heavy atom. The zero-order chi connectivity index (χ0) is 24.7. The Labute approximate surface area is 207 Å². The van der Waals surface area contributed by atoms with Crippen LogP contribution in [0.15, 0.2) is 59.6 Å². The molecule has 0 aliphatic carbocycles. The highest BCUT2D eigenvalue weighted by molar-refractivity contribution is 7.89. The number of hydrogen-bond donors (Lipinski definition) is 0. The summed E-state index contributed by atoms with van der Waals surface area (Å²) in [6.45, 7) is 6.41. The second kappa shape index (κ2) is 9.30. The molecule has 0 spiro atoms. The molecule has 5 nitrogen and oxygen atoms in total. The summed E-state index contributed by atoms with van der Waals surface area (Å²) < 4.78 is 29.6. The fourth-order valence-electron chi connectivity index (χ4n) is 4.12. The van der Waals surface area contributed by atoms with Crippen molar-refractivity contribution in [2.45, 2.75) is 18.7 Å². The molecule has 2 heterocycles. The number of hydrogen-bond acceptors (Lipinski definition) is 4. The molecule has 0 radical (unpaired) electrons. The Morgan fingerprint density at radius 1 is 1.12 bits per heavy atom. The van der Waals surface area contributed by atoms with Crippen molar-refractivity contribution < 1.29 is 12.9 Å². The van der Waals surface area contributed by atoms with Gasteiger partial charge in [0, 0.05) is 40.6 Å². The number of thiophene rings is 1. The Hall–Kier alpha value is -2.45. The summed E-state index contributed by atoms with van der Waals surface area (Å²) in [6, 6.07) is 14.0. The Bertz CT molecular complexity index is 1380. The summed E-state index contributed by atoms with van der Waals surface area (Å²) >= 11 is 1.65. The number of rotatable bonds is 7. The number of allylic oxidation sites excluding steroid dienone is 2. The molecule has 7 heteroatoms. The Morgan fingerprint density at radius 2 is 1.85 bits per heavy atom. The van der Waals surface area contributed by atoms with Crippen LogP contribution < -0.4 is 4.90 Å². The maximum Gasteiger partial charge on any atom is 0.243 e. The maximum atomic E-state index is 13.2. The predicted octanol–water partition coefficient (Wildman–Crippen LogP) is 5.43. The van der Waals surface area contributed by atoms with Crippen LogP contribution in [0.3, 0.4) is 0 Å². The highest BCUT2D eigenvalue weighted by Crippen LogP contribution is 2.38. The first kappa shape index (κ1) is 24.7. The van der Waals surface area contributed by atoms with Gasteiger partial charge in [0.15, 0.2) is 0 Å². The molecule has 34 heavy (non-hydrogen) atoms. The highest BCUT2D eigenvalue weighted by atomic mass is 32.2. The summed E-state index contributed by atoms with van der Waals surface area (Å²) in [5.41, 5.74) is 4.77. The molecule has 0 fully saturated rings. The molecule has 0 amide bonds. The van der Waals surface area contributed by atoms with E-state index in [1.165, 1.54) is 26.7 Å². The summed E-state index contributed by atoms with van der Waals surface area (Å²) in [5.74, 6) is 0. The number of likely N-dealkylation sites (N-methyl/N-ethyl adjacent to an activating group) is 2. The normalized spacial score (nSPS) is 15.5. The molecule has 0 unspecified atom stereocenters. The van der Waals surface area contributed by atoms with Crippen molar-refractivity contribution >= 4 is 48.8 Å². The standard InChI is InChI=1S/C27H34N3O2S2/c1-7-29-15-14-21(24-10-8-9-11-25(24)29)18-26-20(2)23-13-12-22(19-27(23)33-26)34(31,32)28(3)16-17-30(4,5)6/h8-15,18-19H,7,16-17H2,1-6H3/q+1. The molecular formula is C27H34N3O2S2+. The zero-order valence-corrected chi connectivity index (χ0v) is 22.5. The molecule has 0 bridgehead atoms. The minimum atomic E-state index is -3.53. The van der Waals surface area contributed by atoms with Gasteiger partial charge in [0.25, 0.3) is 0 Å². The number of para-hydroxylation sites is 1. The number of nitrogens with zero attached hydrogens (tertiary/aromatic N) is 3. The lowest BCUT2D eigenvalue weighted by molar-refractivity contribution is -0.869. The van der Waals surface area contributed by atoms with E-state index in [1.54, 1.807) is 24.5 Å². The number of aryl methyl sites for hydroxylation is 1. The quantitative estimate of drug-likeness (QED) is 0.410. The number of benzene rings is 2. The summed E-state index contributed by atoms with van der Waals surface area (Å²) in [6.07, 6.45) is 6.52. The van der Waals surface area contributed by atoms with E-state index in [2.05, 4.69) is 82.5 Å². The second-order valence-electron chi connectivity index (χ2n) is 9.81. The van der Waals surface area contributed by atoms with Crippen LogP contribution in [-0.4, -0.2) is 65.0 Å². The molecule has 1 aliphatic rings. The monoisotopic (exact) mass is 496 g/mol. The van der Waals surface area contributed by atoms with E-state index in [1.807, 2.05) is 12.1 Å². The third-order valence-corrected chi connectivity index (χ3v) is 9.38. The van der Waals surface area contributed by atoms with E-state index in [0.717, 1.165) is 28.1 Å². The van der Waals surface area contributed by atoms with Crippen LogP contribution in [0.5, 0.6) is 0 Å². The van der Waals surface area contributed by atoms with Gasteiger partial charge in [-0.2, -0.15) is 4.31 Å². The fraction of sp³-hybridized carbons (Fsp3) is 0.333. The van der Waals surface area contributed by atoms with Crippen molar-refractivity contribution in [1.29, 1.82) is 0 Å². The van der Waals surface area contributed by atoms with Crippen LogP contribution in [0.1, 0.15) is 22.9 Å². The highest BCUT2D eigenvalue weighted by Gasteiger charge is 2.24. The molecular weight excluding hydrogens is 462 g/mol. The van der Waals surface area contributed by atoms with Crippen LogP contribution >= 0.6 is 11.3 Å². The van der Waals surface area contributed by atoms with E-state index < -0.39 is 10.0 Å². The van der Waals surface area contributed by atoms with Gasteiger partial charge in [-0.3, -0.25) is 0 Å². The zero-order valence-electron chi connectivity index (χ0n) is 20.9. The number of sulfonamides is 1. The first-order chi connectivity index (χ1) is 16.0. The molecule has 0 saturated heterocycles. The van der Waals surface area contributed by atoms with E-state index in [0.29, 0.717) is 15.9 Å². The molecule has 1 aromatic heterocycles. The number of anilines is 1. The van der Waals surface area contributed by atoms with Crippen LogP contribution in [-0.2, 0) is 10.0 Å². The lowest BCUT2D eigenvalue weighted by Gasteiger charge is -2.26. The summed E-state index contributed by atoms with van der Waals surface area (Å²) in [5, 5.41) is 1.10. The molecule has 4 rings (SSSR count). The van der Waals surface area contributed by atoms with Gasteiger partial charge in [0.1, 0.15) is 0 Å². The molecule has 0 saturated carbocycles. The van der Waals surface area contributed by atoms with E-state index in [4.69, 9.17) is 0 Å². The smallest absolute Gasteiger partial charge is 0.243 e. The van der Waals surface area contributed by atoms with Gasteiger partial charge in [-0.25, -0.2) is 8.42 Å². The maximum absolute atomic E-state index is 13.2. The van der Waals surface area contributed by atoms with Crippen molar-refractivity contribution in [3.8, 4) is 0 Å². The summed E-state index contributed by atoms with van der Waals surface area (Å²) in [4.78, 5) is 3.75. The van der Waals surface area contributed by atoms with E-state index in [9.17, 15) is 8.42 Å². The first-order valence-corrected chi connectivity index (χ1v) is 13.8. The Balaban J connectivity index is 1.69. The first-order valence-electron chi connectivity index (χ1n) is 11.6.